The highest BCUT2D eigenvalue weighted by molar-refractivity contribution is 5.81. The standard InChI is InChI=1S/C30H38O3/c1-28(2)25(18-8-6-5-7-9-18)22-17-24-21-11-10-19-16-20(31)12-14-29(19,3)23(21)13-15-30(24,4)26(22)33-27(28)32/h5-10,20-21,23-25,31H,11-17H2,1-4H3/t20-,21+,23-,24+,25-,29-,30-/m0/s1. The van der Waals surface area contributed by atoms with Crippen molar-refractivity contribution in [2.24, 2.45) is 34.0 Å². The summed E-state index contributed by atoms with van der Waals surface area (Å²) in [7, 11) is 0. The van der Waals surface area contributed by atoms with Gasteiger partial charge in [-0.2, -0.15) is 0 Å². The summed E-state index contributed by atoms with van der Waals surface area (Å²) < 4.78 is 6.27. The largest absolute Gasteiger partial charge is 0.430 e. The van der Waals surface area contributed by atoms with Crippen LogP contribution in [-0.2, 0) is 9.53 Å². The molecule has 0 amide bonds. The van der Waals surface area contributed by atoms with Crippen molar-refractivity contribution in [3.05, 3.63) is 58.9 Å². The predicted molar refractivity (Wildman–Crippen MR) is 129 cm³/mol. The second kappa shape index (κ2) is 7.07. The summed E-state index contributed by atoms with van der Waals surface area (Å²) in [6.45, 7) is 8.99. The van der Waals surface area contributed by atoms with E-state index < -0.39 is 5.41 Å². The summed E-state index contributed by atoms with van der Waals surface area (Å²) in [4.78, 5) is 13.3. The Morgan fingerprint density at radius 1 is 0.939 bits per heavy atom. The average Bonchev–Trinajstić information content (AvgIpc) is 3.07. The molecule has 0 aromatic heterocycles. The minimum Gasteiger partial charge on any atom is -0.430 e. The molecule has 2 fully saturated rings. The van der Waals surface area contributed by atoms with E-state index in [1.807, 2.05) is 0 Å². The van der Waals surface area contributed by atoms with Crippen molar-refractivity contribution < 1.29 is 14.6 Å². The van der Waals surface area contributed by atoms with Crippen molar-refractivity contribution in [1.82, 2.24) is 0 Å². The van der Waals surface area contributed by atoms with Crippen molar-refractivity contribution in [3.8, 4) is 0 Å². The van der Waals surface area contributed by atoms with Gasteiger partial charge in [0.1, 0.15) is 5.76 Å². The van der Waals surface area contributed by atoms with Gasteiger partial charge in [-0.3, -0.25) is 4.79 Å². The van der Waals surface area contributed by atoms with E-state index in [-0.39, 0.29) is 28.8 Å². The predicted octanol–water partition coefficient (Wildman–Crippen LogP) is 6.54. The number of aliphatic hydroxyl groups excluding tert-OH is 1. The number of rotatable bonds is 1. The first-order valence-corrected chi connectivity index (χ1v) is 13.0. The van der Waals surface area contributed by atoms with Crippen LogP contribution in [0, 0.1) is 34.0 Å². The molecule has 0 unspecified atom stereocenters. The molecule has 0 spiro atoms. The van der Waals surface area contributed by atoms with E-state index in [9.17, 15) is 9.90 Å². The lowest BCUT2D eigenvalue weighted by molar-refractivity contribution is -0.155. The molecule has 6 rings (SSSR count). The summed E-state index contributed by atoms with van der Waals surface area (Å²) >= 11 is 0. The third-order valence-corrected chi connectivity index (χ3v) is 10.6. The molecule has 176 valence electrons. The minimum absolute atomic E-state index is 0.0500. The smallest absolute Gasteiger partial charge is 0.317 e. The second-order valence-electron chi connectivity index (χ2n) is 12.6. The maximum absolute atomic E-state index is 13.3. The number of esters is 1. The molecule has 1 aromatic rings. The van der Waals surface area contributed by atoms with Crippen LogP contribution in [-0.4, -0.2) is 17.2 Å². The van der Waals surface area contributed by atoms with Gasteiger partial charge >= 0.3 is 5.97 Å². The number of ether oxygens (including phenoxy) is 1. The molecule has 5 aliphatic rings. The number of carbonyl (C=O) groups excluding carboxylic acids is 1. The van der Waals surface area contributed by atoms with Crippen molar-refractivity contribution in [2.45, 2.75) is 84.7 Å². The molecule has 1 heterocycles. The maximum Gasteiger partial charge on any atom is 0.317 e. The van der Waals surface area contributed by atoms with E-state index in [2.05, 4.69) is 64.1 Å². The summed E-state index contributed by atoms with van der Waals surface area (Å²) in [6, 6.07) is 10.6. The van der Waals surface area contributed by atoms with Crippen LogP contribution in [0.15, 0.2) is 53.3 Å². The first-order valence-electron chi connectivity index (χ1n) is 13.0. The highest BCUT2D eigenvalue weighted by Gasteiger charge is 2.62. The maximum atomic E-state index is 13.3. The van der Waals surface area contributed by atoms with Gasteiger partial charge in [0.15, 0.2) is 0 Å². The summed E-state index contributed by atoms with van der Waals surface area (Å²) in [5.41, 5.74) is 3.75. The van der Waals surface area contributed by atoms with Crippen LogP contribution in [0.25, 0.3) is 0 Å². The van der Waals surface area contributed by atoms with Crippen LogP contribution in [0.3, 0.4) is 0 Å². The molecule has 3 nitrogen and oxygen atoms in total. The third kappa shape index (κ3) is 2.87. The van der Waals surface area contributed by atoms with Crippen LogP contribution in [0.1, 0.15) is 84.1 Å². The van der Waals surface area contributed by atoms with Gasteiger partial charge in [0, 0.05) is 11.3 Å². The first-order chi connectivity index (χ1) is 15.7. The molecule has 1 aliphatic heterocycles. The lowest BCUT2D eigenvalue weighted by Crippen LogP contribution is -2.50. The number of aliphatic hydroxyl groups is 1. The minimum atomic E-state index is -0.561. The van der Waals surface area contributed by atoms with Crippen LogP contribution >= 0.6 is 0 Å². The number of allylic oxidation sites excluding steroid dienone is 3. The number of hydrogen-bond donors (Lipinski definition) is 1. The molecule has 4 aliphatic carbocycles. The zero-order chi connectivity index (χ0) is 23.2. The molecule has 0 radical (unpaired) electrons. The summed E-state index contributed by atoms with van der Waals surface area (Å²) in [5.74, 6) is 2.85. The van der Waals surface area contributed by atoms with Gasteiger partial charge in [0.05, 0.1) is 11.5 Å². The second-order valence-corrected chi connectivity index (χ2v) is 12.6. The van der Waals surface area contributed by atoms with Crippen LogP contribution < -0.4 is 0 Å². The highest BCUT2D eigenvalue weighted by Crippen LogP contribution is 2.69. The van der Waals surface area contributed by atoms with E-state index in [0.717, 1.165) is 44.3 Å². The highest BCUT2D eigenvalue weighted by atomic mass is 16.5. The first kappa shape index (κ1) is 21.6. The molecule has 33 heavy (non-hydrogen) atoms. The Hall–Kier alpha value is -1.87. The normalized spacial score (nSPS) is 43.6. The molecule has 2 saturated carbocycles. The zero-order valence-electron chi connectivity index (χ0n) is 20.6. The third-order valence-electron chi connectivity index (χ3n) is 10.6. The van der Waals surface area contributed by atoms with Crippen molar-refractivity contribution in [2.75, 3.05) is 0 Å². The van der Waals surface area contributed by atoms with E-state index in [1.54, 1.807) is 0 Å². The number of fused-ring (bicyclic) bond motifs is 6. The summed E-state index contributed by atoms with van der Waals surface area (Å²) in [5, 5.41) is 10.3. The molecular formula is C30H38O3. The van der Waals surface area contributed by atoms with Gasteiger partial charge in [-0.05, 0) is 93.1 Å². The molecule has 0 bridgehead atoms. The SMILES string of the molecule is CC1(C)C(=O)OC2=C(C[C@@H]3[C@@H]4CC=C5C[C@@H](O)CC[C@]5(C)[C@H]4CC[C@]23C)[C@@H]1c1ccccc1. The molecular weight excluding hydrogens is 408 g/mol. The van der Waals surface area contributed by atoms with Crippen molar-refractivity contribution >= 4 is 5.97 Å². The van der Waals surface area contributed by atoms with Gasteiger partial charge in [0.2, 0.25) is 0 Å². The van der Waals surface area contributed by atoms with E-state index in [0.29, 0.717) is 17.8 Å². The Morgan fingerprint density at radius 2 is 1.67 bits per heavy atom. The fraction of sp³-hybridized carbons (Fsp3) is 0.633. The Morgan fingerprint density at radius 3 is 2.42 bits per heavy atom. The number of benzene rings is 1. The lowest BCUT2D eigenvalue weighted by Gasteiger charge is -2.57. The van der Waals surface area contributed by atoms with Gasteiger partial charge in [-0.15, -0.1) is 0 Å². The molecule has 1 N–H and O–H groups in total. The Balaban J connectivity index is 1.41. The monoisotopic (exact) mass is 446 g/mol. The Kier molecular flexibility index (Phi) is 4.64. The lowest BCUT2D eigenvalue weighted by atomic mass is 9.48. The van der Waals surface area contributed by atoms with Gasteiger partial charge in [-0.1, -0.05) is 55.8 Å². The number of hydrogen-bond acceptors (Lipinski definition) is 3. The molecule has 0 saturated heterocycles. The van der Waals surface area contributed by atoms with Crippen molar-refractivity contribution in [1.29, 1.82) is 0 Å². The van der Waals surface area contributed by atoms with Gasteiger partial charge in [0.25, 0.3) is 0 Å². The fourth-order valence-corrected chi connectivity index (χ4v) is 8.79. The number of carbonyl (C=O) groups is 1. The molecule has 3 heteroatoms. The van der Waals surface area contributed by atoms with Crippen LogP contribution in [0.2, 0.25) is 0 Å². The Labute approximate surface area is 198 Å². The van der Waals surface area contributed by atoms with Crippen molar-refractivity contribution in [3.63, 3.8) is 0 Å². The van der Waals surface area contributed by atoms with E-state index >= 15 is 0 Å². The van der Waals surface area contributed by atoms with E-state index in [1.165, 1.54) is 23.1 Å². The quantitative estimate of drug-likeness (QED) is 0.393. The average molecular weight is 447 g/mol. The summed E-state index contributed by atoms with van der Waals surface area (Å²) in [6.07, 6.45) is 9.65. The van der Waals surface area contributed by atoms with Gasteiger partial charge < -0.3 is 9.84 Å². The fourth-order valence-electron chi connectivity index (χ4n) is 8.79. The molecule has 7 atom stereocenters. The zero-order valence-corrected chi connectivity index (χ0v) is 20.6. The molecule has 1 aromatic carbocycles. The Bertz CT molecular complexity index is 1050. The van der Waals surface area contributed by atoms with Crippen LogP contribution in [0.5, 0.6) is 0 Å². The topological polar surface area (TPSA) is 46.5 Å². The van der Waals surface area contributed by atoms with Gasteiger partial charge in [-0.25, -0.2) is 0 Å². The van der Waals surface area contributed by atoms with Crippen LogP contribution in [0.4, 0.5) is 0 Å². The van der Waals surface area contributed by atoms with E-state index in [4.69, 9.17) is 4.74 Å².